The van der Waals surface area contributed by atoms with Crippen molar-refractivity contribution in [3.63, 3.8) is 0 Å². The smallest absolute Gasteiger partial charge is 0.347 e. The van der Waals surface area contributed by atoms with Gasteiger partial charge in [-0.3, -0.25) is 0 Å². The van der Waals surface area contributed by atoms with Crippen LogP contribution in [0.15, 0.2) is 42.5 Å². The van der Waals surface area contributed by atoms with E-state index in [9.17, 15) is 9.90 Å². The first-order valence-electron chi connectivity index (χ1n) is 8.64. The van der Waals surface area contributed by atoms with Gasteiger partial charge >= 0.3 is 5.97 Å². The van der Waals surface area contributed by atoms with Crippen molar-refractivity contribution in [2.24, 2.45) is 0 Å². The molecule has 1 heterocycles. The summed E-state index contributed by atoms with van der Waals surface area (Å²) in [5.41, 5.74) is 3.60. The summed E-state index contributed by atoms with van der Waals surface area (Å²) in [6.07, 6.45) is 0. The predicted octanol–water partition coefficient (Wildman–Crippen LogP) is 5.10. The number of hydrogen-bond acceptors (Lipinski definition) is 5. The van der Waals surface area contributed by atoms with Crippen LogP contribution in [-0.2, 0) is 6.61 Å². The molecule has 0 fully saturated rings. The van der Waals surface area contributed by atoms with Gasteiger partial charge in [-0.15, -0.1) is 11.3 Å². The highest BCUT2D eigenvalue weighted by atomic mass is 32.1. The molecule has 0 saturated carbocycles. The molecule has 0 unspecified atom stereocenters. The van der Waals surface area contributed by atoms with Gasteiger partial charge in [0, 0.05) is 5.56 Å². The monoisotopic (exact) mass is 383 g/mol. The minimum Gasteiger partial charge on any atom is -0.490 e. The van der Waals surface area contributed by atoms with Crippen molar-refractivity contribution in [3.05, 3.63) is 64.2 Å². The van der Waals surface area contributed by atoms with E-state index in [1.807, 2.05) is 44.2 Å². The molecule has 2 aromatic carbocycles. The third-order valence-corrected chi connectivity index (χ3v) is 5.19. The summed E-state index contributed by atoms with van der Waals surface area (Å²) in [6.45, 7) is 6.60. The van der Waals surface area contributed by atoms with Gasteiger partial charge < -0.3 is 14.6 Å². The van der Waals surface area contributed by atoms with Crippen LogP contribution in [0, 0.1) is 13.8 Å². The van der Waals surface area contributed by atoms with Crippen LogP contribution < -0.4 is 9.47 Å². The molecule has 1 aromatic heterocycles. The highest BCUT2D eigenvalue weighted by Gasteiger charge is 2.16. The molecule has 0 aliphatic heterocycles. The fraction of sp³-hybridized carbons (Fsp3) is 0.238. The summed E-state index contributed by atoms with van der Waals surface area (Å²) in [5.74, 6) is 0.305. The Labute approximate surface area is 162 Å². The highest BCUT2D eigenvalue weighted by Crippen LogP contribution is 2.35. The molecule has 1 N–H and O–H groups in total. The highest BCUT2D eigenvalue weighted by molar-refractivity contribution is 7.17. The summed E-state index contributed by atoms with van der Waals surface area (Å²) in [6, 6.07) is 13.7. The first kappa shape index (κ1) is 18.9. The first-order chi connectivity index (χ1) is 13.0. The quantitative estimate of drug-likeness (QED) is 0.614. The Bertz CT molecular complexity index is 947. The Hall–Kier alpha value is -2.86. The van der Waals surface area contributed by atoms with Crippen LogP contribution in [-0.4, -0.2) is 22.7 Å². The lowest BCUT2D eigenvalue weighted by atomic mass is 10.1. The van der Waals surface area contributed by atoms with E-state index in [-0.39, 0.29) is 4.88 Å². The zero-order valence-corrected chi connectivity index (χ0v) is 16.3. The average molecular weight is 383 g/mol. The maximum absolute atomic E-state index is 11.3. The minimum absolute atomic E-state index is 0.252. The summed E-state index contributed by atoms with van der Waals surface area (Å²) in [5, 5.41) is 9.88. The second-order valence-corrected chi connectivity index (χ2v) is 7.11. The van der Waals surface area contributed by atoms with Gasteiger partial charge in [0.05, 0.1) is 12.3 Å². The number of carbonyl (C=O) groups is 1. The maximum atomic E-state index is 11.3. The second-order valence-electron chi connectivity index (χ2n) is 6.11. The van der Waals surface area contributed by atoms with Crippen molar-refractivity contribution < 1.29 is 19.4 Å². The average Bonchev–Trinajstić information content (AvgIpc) is 3.04. The largest absolute Gasteiger partial charge is 0.490 e. The van der Waals surface area contributed by atoms with Crippen LogP contribution in [0.5, 0.6) is 11.5 Å². The van der Waals surface area contributed by atoms with E-state index in [2.05, 4.69) is 17.1 Å². The van der Waals surface area contributed by atoms with Crippen molar-refractivity contribution in [2.75, 3.05) is 6.61 Å². The molecule has 0 aliphatic carbocycles. The molecule has 0 radical (unpaired) electrons. The molecule has 0 amide bonds. The minimum atomic E-state index is -0.959. The summed E-state index contributed by atoms with van der Waals surface area (Å²) in [7, 11) is 0. The van der Waals surface area contributed by atoms with Crippen LogP contribution in [0.25, 0.3) is 10.6 Å². The van der Waals surface area contributed by atoms with Crippen LogP contribution in [0.3, 0.4) is 0 Å². The van der Waals surface area contributed by atoms with Crippen molar-refractivity contribution in [3.8, 4) is 22.1 Å². The number of aromatic nitrogens is 1. The Balaban J connectivity index is 1.84. The summed E-state index contributed by atoms with van der Waals surface area (Å²) in [4.78, 5) is 15.9. The topological polar surface area (TPSA) is 68.7 Å². The maximum Gasteiger partial charge on any atom is 0.347 e. The Kier molecular flexibility index (Phi) is 5.76. The Morgan fingerprint density at radius 2 is 1.81 bits per heavy atom. The lowest BCUT2D eigenvalue weighted by molar-refractivity contribution is 0.0701. The molecule has 3 aromatic rings. The number of benzene rings is 2. The lowest BCUT2D eigenvalue weighted by Crippen LogP contribution is -2.00. The van der Waals surface area contributed by atoms with E-state index >= 15 is 0 Å². The molecule has 0 saturated heterocycles. The summed E-state index contributed by atoms with van der Waals surface area (Å²) < 4.78 is 11.7. The lowest BCUT2D eigenvalue weighted by Gasteiger charge is -2.13. The van der Waals surface area contributed by atoms with Crippen LogP contribution >= 0.6 is 11.3 Å². The van der Waals surface area contributed by atoms with Gasteiger partial charge in [0.1, 0.15) is 16.5 Å². The van der Waals surface area contributed by atoms with Crippen molar-refractivity contribution in [1.29, 1.82) is 0 Å². The molecule has 0 atom stereocenters. The van der Waals surface area contributed by atoms with Crippen LogP contribution in [0.1, 0.15) is 33.4 Å². The van der Waals surface area contributed by atoms with E-state index in [4.69, 9.17) is 9.47 Å². The van der Waals surface area contributed by atoms with Gasteiger partial charge in [-0.05, 0) is 44.5 Å². The van der Waals surface area contributed by atoms with Crippen molar-refractivity contribution in [1.82, 2.24) is 4.98 Å². The molecule has 5 nitrogen and oxygen atoms in total. The van der Waals surface area contributed by atoms with Gasteiger partial charge in [-0.25, -0.2) is 9.78 Å². The van der Waals surface area contributed by atoms with Crippen LogP contribution in [0.2, 0.25) is 0 Å². The third kappa shape index (κ3) is 4.46. The van der Waals surface area contributed by atoms with E-state index in [0.717, 1.165) is 22.5 Å². The number of carboxylic acids is 1. The molecule has 140 valence electrons. The fourth-order valence-corrected chi connectivity index (χ4v) is 3.49. The van der Waals surface area contributed by atoms with E-state index in [1.165, 1.54) is 5.56 Å². The molecular formula is C21H21NO4S. The van der Waals surface area contributed by atoms with E-state index in [1.54, 1.807) is 6.92 Å². The number of hydrogen-bond donors (Lipinski definition) is 1. The SMILES string of the molecule is CCOc1cc(-c2nc(C)c(C(=O)O)s2)ccc1OCc1ccc(C)cc1. The summed E-state index contributed by atoms with van der Waals surface area (Å²) >= 11 is 1.16. The van der Waals surface area contributed by atoms with Crippen molar-refractivity contribution >= 4 is 17.3 Å². The van der Waals surface area contributed by atoms with Crippen molar-refractivity contribution in [2.45, 2.75) is 27.4 Å². The Morgan fingerprint density at radius 1 is 1.07 bits per heavy atom. The molecule has 0 spiro atoms. The number of ether oxygens (including phenoxy) is 2. The first-order valence-corrected chi connectivity index (χ1v) is 9.46. The number of thiazole rings is 1. The normalized spacial score (nSPS) is 10.6. The molecule has 6 heteroatoms. The molecule has 0 bridgehead atoms. The predicted molar refractivity (Wildman–Crippen MR) is 106 cm³/mol. The Morgan fingerprint density at radius 3 is 2.44 bits per heavy atom. The second kappa shape index (κ2) is 8.22. The standard InChI is InChI=1S/C21H21NO4S/c1-4-25-18-11-16(20-22-14(3)19(27-20)21(23)24)9-10-17(18)26-12-15-7-5-13(2)6-8-15/h5-11H,4,12H2,1-3H3,(H,23,24). The van der Waals surface area contributed by atoms with Gasteiger partial charge in [-0.2, -0.15) is 0 Å². The zero-order valence-electron chi connectivity index (χ0n) is 15.5. The zero-order chi connectivity index (χ0) is 19.4. The van der Waals surface area contributed by atoms with Gasteiger partial charge in [0.15, 0.2) is 11.5 Å². The van der Waals surface area contributed by atoms with Crippen LogP contribution in [0.4, 0.5) is 0 Å². The number of carboxylic acid groups (broad SMARTS) is 1. The number of rotatable bonds is 7. The third-order valence-electron chi connectivity index (χ3n) is 4.00. The van der Waals surface area contributed by atoms with Gasteiger partial charge in [-0.1, -0.05) is 29.8 Å². The van der Waals surface area contributed by atoms with E-state index in [0.29, 0.717) is 35.4 Å². The van der Waals surface area contributed by atoms with E-state index < -0.39 is 5.97 Å². The molecule has 27 heavy (non-hydrogen) atoms. The van der Waals surface area contributed by atoms with Gasteiger partial charge in [0.2, 0.25) is 0 Å². The number of aryl methyl sites for hydroxylation is 2. The fourth-order valence-electron chi connectivity index (χ4n) is 2.59. The molecule has 0 aliphatic rings. The number of nitrogens with zero attached hydrogens (tertiary/aromatic N) is 1. The molecule has 3 rings (SSSR count). The number of aromatic carboxylic acids is 1. The van der Waals surface area contributed by atoms with Gasteiger partial charge in [0.25, 0.3) is 0 Å². The molecular weight excluding hydrogens is 362 g/mol.